The molecule has 0 radical (unpaired) electrons. The number of rotatable bonds is 6. The van der Waals surface area contributed by atoms with Crippen LogP contribution in [0, 0.1) is 5.92 Å². The Morgan fingerprint density at radius 3 is 2.61 bits per heavy atom. The third-order valence-electron chi connectivity index (χ3n) is 8.34. The van der Waals surface area contributed by atoms with Crippen molar-refractivity contribution in [1.82, 2.24) is 40.3 Å². The second-order valence-electron chi connectivity index (χ2n) is 11.2. The second kappa shape index (κ2) is 10.9. The zero-order valence-electron chi connectivity index (χ0n) is 23.2. The van der Waals surface area contributed by atoms with Gasteiger partial charge >= 0.3 is 0 Å². The number of fused-ring (bicyclic) bond motifs is 2. The van der Waals surface area contributed by atoms with Gasteiger partial charge in [-0.3, -0.25) is 19.9 Å². The summed E-state index contributed by atoms with van der Waals surface area (Å²) in [7, 11) is 2.16. The Labute approximate surface area is 237 Å². The third kappa shape index (κ3) is 5.25. The zero-order chi connectivity index (χ0) is 27.8. The van der Waals surface area contributed by atoms with Crippen molar-refractivity contribution in [2.45, 2.75) is 19.3 Å². The van der Waals surface area contributed by atoms with Crippen LogP contribution < -0.4 is 15.5 Å². The van der Waals surface area contributed by atoms with Gasteiger partial charge in [-0.1, -0.05) is 0 Å². The van der Waals surface area contributed by atoms with Crippen molar-refractivity contribution in [3.63, 3.8) is 0 Å². The Morgan fingerprint density at radius 1 is 0.951 bits per heavy atom. The van der Waals surface area contributed by atoms with Gasteiger partial charge in [-0.2, -0.15) is 5.10 Å². The molecule has 0 bridgehead atoms. The number of aromatic nitrogens is 6. The zero-order valence-corrected chi connectivity index (χ0v) is 23.2. The Balaban J connectivity index is 1.16. The first-order valence-electron chi connectivity index (χ1n) is 14.3. The summed E-state index contributed by atoms with van der Waals surface area (Å²) in [6.07, 6.45) is 11.7. The van der Waals surface area contributed by atoms with Crippen LogP contribution in [0.2, 0.25) is 0 Å². The molecule has 5 aromatic rings. The van der Waals surface area contributed by atoms with Crippen LogP contribution in [0.4, 0.5) is 11.4 Å². The molecule has 0 aliphatic carbocycles. The number of anilines is 2. The van der Waals surface area contributed by atoms with Gasteiger partial charge in [0.25, 0.3) is 0 Å². The summed E-state index contributed by atoms with van der Waals surface area (Å²) < 4.78 is 0. The molecule has 5 aromatic heterocycles. The molecule has 210 valence electrons. The fourth-order valence-electron chi connectivity index (χ4n) is 5.96. The monoisotopic (exact) mass is 550 g/mol. The van der Waals surface area contributed by atoms with Crippen LogP contribution in [0.3, 0.4) is 0 Å². The molecule has 0 atom stereocenters. The van der Waals surface area contributed by atoms with Gasteiger partial charge in [0.15, 0.2) is 5.65 Å². The van der Waals surface area contributed by atoms with Crippen LogP contribution >= 0.6 is 0 Å². The highest BCUT2D eigenvalue weighted by Gasteiger charge is 2.20. The molecule has 7 heterocycles. The summed E-state index contributed by atoms with van der Waals surface area (Å²) in [5, 5.41) is 16.1. The summed E-state index contributed by atoms with van der Waals surface area (Å²) in [6.45, 7) is 5.98. The number of amides is 1. The van der Waals surface area contributed by atoms with Crippen LogP contribution in [0.25, 0.3) is 44.5 Å². The number of carbonyl (C=O) groups is 1. The van der Waals surface area contributed by atoms with Crippen molar-refractivity contribution in [3.05, 3.63) is 49.2 Å². The van der Waals surface area contributed by atoms with Gasteiger partial charge in [0.2, 0.25) is 5.91 Å². The van der Waals surface area contributed by atoms with E-state index >= 15 is 0 Å². The van der Waals surface area contributed by atoms with E-state index in [1.54, 1.807) is 18.6 Å². The molecule has 2 aliphatic heterocycles. The summed E-state index contributed by atoms with van der Waals surface area (Å²) in [6, 6.07) is 6.20. The molecule has 0 spiro atoms. The van der Waals surface area contributed by atoms with E-state index < -0.39 is 0 Å². The minimum Gasteiger partial charge on any atom is -0.367 e. The molecular weight excluding hydrogens is 516 g/mol. The predicted octanol–water partition coefficient (Wildman–Crippen LogP) is 3.64. The number of likely N-dealkylation sites (N-methyl/N-ethyl adjacent to an activating group) is 1. The molecule has 2 saturated heterocycles. The van der Waals surface area contributed by atoms with Crippen molar-refractivity contribution in [1.29, 1.82) is 0 Å². The highest BCUT2D eigenvalue weighted by Crippen LogP contribution is 2.34. The van der Waals surface area contributed by atoms with Crippen molar-refractivity contribution in [2.75, 3.05) is 56.5 Å². The fourth-order valence-corrected chi connectivity index (χ4v) is 5.96. The molecule has 0 aromatic carbocycles. The van der Waals surface area contributed by atoms with Crippen LogP contribution in [-0.2, 0) is 4.79 Å². The summed E-state index contributed by atoms with van der Waals surface area (Å²) in [5.41, 5.74) is 7.04. The largest absolute Gasteiger partial charge is 0.367 e. The van der Waals surface area contributed by atoms with Crippen molar-refractivity contribution in [2.24, 2.45) is 5.92 Å². The van der Waals surface area contributed by atoms with Crippen molar-refractivity contribution in [3.8, 4) is 22.5 Å². The Kier molecular flexibility index (Phi) is 6.81. The van der Waals surface area contributed by atoms with Gasteiger partial charge in [0.1, 0.15) is 0 Å². The van der Waals surface area contributed by atoms with E-state index in [2.05, 4.69) is 69.7 Å². The molecule has 2 fully saturated rings. The minimum absolute atomic E-state index is 0.0331. The number of H-pyrrole nitrogens is 2. The van der Waals surface area contributed by atoms with Crippen molar-refractivity contribution >= 4 is 39.2 Å². The topological polar surface area (TPSA) is 131 Å². The number of carbonyl (C=O) groups excluding carboxylic acids is 1. The molecule has 4 N–H and O–H groups in total. The number of nitrogens with zero attached hydrogens (tertiary/aromatic N) is 6. The molecule has 11 nitrogen and oxygen atoms in total. The first kappa shape index (κ1) is 25.6. The standard InChI is InChI=1S/C30H34N10O/c1-39-6-8-40(9-7-39)27-18-33-17-26-23(27)13-25(36-26)29-24-12-21(15-34-30(24)38-37-29)20-11-22(16-32-14-20)35-28(41)10-19-2-4-31-5-3-19/h11-19,31,36H,2-10H2,1H3,(H,35,41)(H,34,37,38). The van der Waals surface area contributed by atoms with E-state index in [0.29, 0.717) is 23.7 Å². The van der Waals surface area contributed by atoms with Gasteiger partial charge in [0.05, 0.1) is 46.9 Å². The van der Waals surface area contributed by atoms with Gasteiger partial charge < -0.3 is 25.4 Å². The van der Waals surface area contributed by atoms with E-state index in [1.807, 2.05) is 18.5 Å². The average molecular weight is 551 g/mol. The van der Waals surface area contributed by atoms with Crippen LogP contribution in [0.15, 0.2) is 49.2 Å². The maximum atomic E-state index is 12.7. The Hall–Kier alpha value is -4.35. The molecule has 7 rings (SSSR count). The number of nitrogens with one attached hydrogen (secondary N) is 4. The molecule has 1 amide bonds. The van der Waals surface area contributed by atoms with Crippen LogP contribution in [-0.4, -0.2) is 87.3 Å². The Bertz CT molecular complexity index is 1690. The predicted molar refractivity (Wildman–Crippen MR) is 161 cm³/mol. The van der Waals surface area contributed by atoms with Crippen LogP contribution in [0.5, 0.6) is 0 Å². The maximum absolute atomic E-state index is 12.7. The fraction of sp³-hybridized carbons (Fsp3) is 0.367. The molecule has 2 aliphatic rings. The first-order chi connectivity index (χ1) is 20.1. The lowest BCUT2D eigenvalue weighted by atomic mass is 9.94. The summed E-state index contributed by atoms with van der Waals surface area (Å²) in [5.74, 6) is 0.461. The van der Waals surface area contributed by atoms with E-state index in [1.165, 1.54) is 0 Å². The number of piperidine rings is 1. The lowest BCUT2D eigenvalue weighted by Crippen LogP contribution is -2.44. The number of hydrogen-bond donors (Lipinski definition) is 4. The summed E-state index contributed by atoms with van der Waals surface area (Å²) >= 11 is 0. The van der Waals surface area contributed by atoms with Gasteiger partial charge in [-0.05, 0) is 57.1 Å². The SMILES string of the molecule is CN1CCN(c2cncc3[nH]c(-c4[nH]nc5ncc(-c6cncc(NC(=O)CC7CCNCC7)c6)cc45)cc23)CC1. The van der Waals surface area contributed by atoms with Gasteiger partial charge in [-0.25, -0.2) is 4.98 Å². The number of pyridine rings is 3. The highest BCUT2D eigenvalue weighted by atomic mass is 16.1. The molecule has 0 saturated carbocycles. The van der Waals surface area contributed by atoms with E-state index in [-0.39, 0.29) is 5.91 Å². The molecular formula is C30H34N10O. The number of hydrogen-bond acceptors (Lipinski definition) is 8. The second-order valence-corrected chi connectivity index (χ2v) is 11.2. The molecule has 41 heavy (non-hydrogen) atoms. The lowest BCUT2D eigenvalue weighted by Gasteiger charge is -2.34. The summed E-state index contributed by atoms with van der Waals surface area (Å²) in [4.78, 5) is 34.5. The first-order valence-corrected chi connectivity index (χ1v) is 14.3. The maximum Gasteiger partial charge on any atom is 0.224 e. The van der Waals surface area contributed by atoms with Gasteiger partial charge in [-0.15, -0.1) is 0 Å². The van der Waals surface area contributed by atoms with Gasteiger partial charge in [0, 0.05) is 66.9 Å². The molecule has 11 heteroatoms. The quantitative estimate of drug-likeness (QED) is 0.252. The van der Waals surface area contributed by atoms with Crippen LogP contribution in [0.1, 0.15) is 19.3 Å². The molecule has 0 unspecified atom stereocenters. The third-order valence-corrected chi connectivity index (χ3v) is 8.34. The Morgan fingerprint density at radius 2 is 1.76 bits per heavy atom. The normalized spacial score (nSPS) is 17.0. The van der Waals surface area contributed by atoms with E-state index in [9.17, 15) is 4.79 Å². The number of aromatic amines is 2. The minimum atomic E-state index is 0.0331. The smallest absolute Gasteiger partial charge is 0.224 e. The van der Waals surface area contributed by atoms with E-state index in [4.69, 9.17) is 0 Å². The average Bonchev–Trinajstić information content (AvgIpc) is 3.62. The van der Waals surface area contributed by atoms with E-state index in [0.717, 1.165) is 96.6 Å². The highest BCUT2D eigenvalue weighted by molar-refractivity contribution is 5.99. The van der Waals surface area contributed by atoms with Crippen molar-refractivity contribution < 1.29 is 4.79 Å². The number of piperazine rings is 1. The lowest BCUT2D eigenvalue weighted by molar-refractivity contribution is -0.117.